The summed E-state index contributed by atoms with van der Waals surface area (Å²) in [5.41, 5.74) is 1.75. The fourth-order valence-electron chi connectivity index (χ4n) is 3.48. The van der Waals surface area contributed by atoms with Gasteiger partial charge in [0, 0.05) is 13.1 Å². The monoisotopic (exact) mass is 379 g/mol. The van der Waals surface area contributed by atoms with Crippen LogP contribution in [0.25, 0.3) is 5.65 Å². The number of morpholine rings is 2. The topological polar surface area (TPSA) is 72.2 Å². The smallest absolute Gasteiger partial charge is 0.409 e. The zero-order chi connectivity index (χ0) is 18.1. The van der Waals surface area contributed by atoms with Gasteiger partial charge in [-0.1, -0.05) is 13.3 Å². The molecule has 0 saturated carbocycles. The van der Waals surface area contributed by atoms with Crippen molar-refractivity contribution in [2.75, 3.05) is 37.7 Å². The van der Waals surface area contributed by atoms with Crippen LogP contribution in [0.4, 0.5) is 10.5 Å². The second-order valence-electron chi connectivity index (χ2n) is 6.73. The van der Waals surface area contributed by atoms with Gasteiger partial charge in [-0.15, -0.1) is 5.10 Å². The Morgan fingerprint density at radius 2 is 2.08 bits per heavy atom. The molecule has 0 aromatic carbocycles. The van der Waals surface area contributed by atoms with Crippen LogP contribution in [0.1, 0.15) is 19.8 Å². The number of fused-ring (bicyclic) bond motifs is 3. The van der Waals surface area contributed by atoms with Crippen LogP contribution >= 0.6 is 11.6 Å². The highest BCUT2D eigenvalue weighted by atomic mass is 35.5. The van der Waals surface area contributed by atoms with Crippen LogP contribution in [0.2, 0.25) is 5.28 Å². The largest absolute Gasteiger partial charge is 0.449 e. The highest BCUT2D eigenvalue weighted by molar-refractivity contribution is 6.28. The van der Waals surface area contributed by atoms with Gasteiger partial charge < -0.3 is 19.3 Å². The Labute approximate surface area is 156 Å². The van der Waals surface area contributed by atoms with E-state index < -0.39 is 0 Å². The quantitative estimate of drug-likeness (QED) is 0.758. The first-order chi connectivity index (χ1) is 12.6. The zero-order valence-corrected chi connectivity index (χ0v) is 15.4. The maximum atomic E-state index is 12.2. The lowest BCUT2D eigenvalue weighted by molar-refractivity contribution is -0.0890. The predicted molar refractivity (Wildman–Crippen MR) is 96.7 cm³/mol. The molecule has 0 radical (unpaired) electrons. The summed E-state index contributed by atoms with van der Waals surface area (Å²) in [6, 6.07) is 3.91. The molecule has 4 rings (SSSR count). The Hall–Kier alpha value is -2.06. The number of nitrogens with zero attached hydrogens (tertiary/aromatic N) is 5. The van der Waals surface area contributed by atoms with Crippen LogP contribution in [0, 0.1) is 0 Å². The first-order valence-electron chi connectivity index (χ1n) is 8.96. The van der Waals surface area contributed by atoms with E-state index in [-0.39, 0.29) is 23.6 Å². The normalized spacial score (nSPS) is 22.7. The highest BCUT2D eigenvalue weighted by Gasteiger charge is 2.37. The number of pyridine rings is 1. The highest BCUT2D eigenvalue weighted by Crippen LogP contribution is 2.25. The summed E-state index contributed by atoms with van der Waals surface area (Å²) in [6.07, 6.45) is 3.53. The SMILES string of the molecule is CCCCOC(=O)N1CC2CN(c3ccc4nc(Cl)nn4c3)CC(C1)O2. The Morgan fingerprint density at radius 1 is 1.31 bits per heavy atom. The van der Waals surface area contributed by atoms with E-state index in [9.17, 15) is 4.79 Å². The van der Waals surface area contributed by atoms with E-state index in [2.05, 4.69) is 21.9 Å². The number of carbonyl (C=O) groups is 1. The number of carbonyl (C=O) groups excluding carboxylic acids is 1. The maximum Gasteiger partial charge on any atom is 0.409 e. The third-order valence-corrected chi connectivity index (χ3v) is 4.88. The Balaban J connectivity index is 1.41. The molecule has 2 aromatic heterocycles. The molecule has 2 saturated heterocycles. The zero-order valence-electron chi connectivity index (χ0n) is 14.7. The van der Waals surface area contributed by atoms with Crippen molar-refractivity contribution in [3.05, 3.63) is 23.6 Å². The van der Waals surface area contributed by atoms with E-state index in [4.69, 9.17) is 21.1 Å². The van der Waals surface area contributed by atoms with Gasteiger partial charge in [0.1, 0.15) is 0 Å². The molecule has 0 spiro atoms. The lowest BCUT2D eigenvalue weighted by atomic mass is 10.1. The van der Waals surface area contributed by atoms with E-state index in [1.165, 1.54) is 0 Å². The molecular formula is C17H22ClN5O3. The Bertz CT molecular complexity index is 784. The molecule has 2 aliphatic heterocycles. The van der Waals surface area contributed by atoms with Crippen molar-refractivity contribution in [1.29, 1.82) is 0 Å². The molecule has 140 valence electrons. The number of ether oxygens (including phenoxy) is 2. The number of rotatable bonds is 4. The standard InChI is InChI=1S/C17H22ClN5O3/c1-2-3-6-25-17(24)22-10-13-8-21(9-14(11-22)26-13)12-4-5-15-19-16(18)20-23(15)7-12/h4-5,7,13-14H,2-3,6,8-11H2,1H3. The van der Waals surface area contributed by atoms with Crippen molar-refractivity contribution in [2.45, 2.75) is 32.0 Å². The first kappa shape index (κ1) is 17.4. The molecule has 2 aromatic rings. The second kappa shape index (κ2) is 7.28. The molecule has 0 aliphatic carbocycles. The van der Waals surface area contributed by atoms with Gasteiger partial charge in [0.05, 0.1) is 43.8 Å². The molecule has 2 atom stereocenters. The average Bonchev–Trinajstić information content (AvgIpc) is 3.00. The van der Waals surface area contributed by atoms with Gasteiger partial charge >= 0.3 is 6.09 Å². The minimum absolute atomic E-state index is 0.0312. The molecule has 0 N–H and O–H groups in total. The second-order valence-corrected chi connectivity index (χ2v) is 7.07. The molecule has 4 heterocycles. The van der Waals surface area contributed by atoms with Gasteiger partial charge in [0.15, 0.2) is 5.65 Å². The van der Waals surface area contributed by atoms with Crippen molar-refractivity contribution >= 4 is 29.0 Å². The third kappa shape index (κ3) is 3.57. The molecule has 8 nitrogen and oxygen atoms in total. The summed E-state index contributed by atoms with van der Waals surface area (Å²) in [4.78, 5) is 20.4. The van der Waals surface area contributed by atoms with E-state index in [1.807, 2.05) is 18.3 Å². The van der Waals surface area contributed by atoms with E-state index in [1.54, 1.807) is 9.42 Å². The van der Waals surface area contributed by atoms with Gasteiger partial charge in [0.2, 0.25) is 5.28 Å². The van der Waals surface area contributed by atoms with Crippen LogP contribution in [-0.4, -0.2) is 70.6 Å². The predicted octanol–water partition coefficient (Wildman–Crippen LogP) is 2.21. The van der Waals surface area contributed by atoms with Crippen LogP contribution in [0.15, 0.2) is 18.3 Å². The molecule has 2 unspecified atom stereocenters. The minimum Gasteiger partial charge on any atom is -0.449 e. The van der Waals surface area contributed by atoms with Gasteiger partial charge in [-0.3, -0.25) is 0 Å². The lowest BCUT2D eigenvalue weighted by Gasteiger charge is -2.46. The van der Waals surface area contributed by atoms with Crippen molar-refractivity contribution in [3.8, 4) is 0 Å². The summed E-state index contributed by atoms with van der Waals surface area (Å²) < 4.78 is 13.0. The fraction of sp³-hybridized carbons (Fsp3) is 0.588. The van der Waals surface area contributed by atoms with Crippen LogP contribution in [0.3, 0.4) is 0 Å². The Morgan fingerprint density at radius 3 is 2.81 bits per heavy atom. The molecule has 9 heteroatoms. The third-order valence-electron chi connectivity index (χ3n) is 4.72. The van der Waals surface area contributed by atoms with E-state index >= 15 is 0 Å². The molecule has 26 heavy (non-hydrogen) atoms. The van der Waals surface area contributed by atoms with Crippen molar-refractivity contribution in [3.63, 3.8) is 0 Å². The van der Waals surface area contributed by atoms with Crippen LogP contribution in [-0.2, 0) is 9.47 Å². The average molecular weight is 380 g/mol. The summed E-state index contributed by atoms with van der Waals surface area (Å²) >= 11 is 5.86. The molecule has 1 amide bonds. The number of anilines is 1. The maximum absolute atomic E-state index is 12.2. The van der Waals surface area contributed by atoms with Crippen molar-refractivity contribution in [2.24, 2.45) is 0 Å². The lowest BCUT2D eigenvalue weighted by Crippen LogP contribution is -2.60. The summed E-state index contributed by atoms with van der Waals surface area (Å²) in [5.74, 6) is 0. The minimum atomic E-state index is -0.233. The first-order valence-corrected chi connectivity index (χ1v) is 9.34. The number of hydrogen-bond acceptors (Lipinski definition) is 6. The number of unbranched alkanes of at least 4 members (excludes halogenated alkanes) is 1. The summed E-state index contributed by atoms with van der Waals surface area (Å²) in [5, 5.41) is 4.39. The number of halogens is 1. The van der Waals surface area contributed by atoms with Gasteiger partial charge in [-0.2, -0.15) is 4.98 Å². The molecular weight excluding hydrogens is 358 g/mol. The number of amides is 1. The van der Waals surface area contributed by atoms with E-state index in [0.717, 1.165) is 18.5 Å². The molecule has 2 aliphatic rings. The Kier molecular flexibility index (Phi) is 4.86. The van der Waals surface area contributed by atoms with Crippen LogP contribution < -0.4 is 4.90 Å². The number of aromatic nitrogens is 3. The summed E-state index contributed by atoms with van der Waals surface area (Å²) in [7, 11) is 0. The van der Waals surface area contributed by atoms with Gasteiger partial charge in [0.25, 0.3) is 0 Å². The van der Waals surface area contributed by atoms with Gasteiger partial charge in [-0.25, -0.2) is 9.31 Å². The molecule has 2 bridgehead atoms. The summed E-state index contributed by atoms with van der Waals surface area (Å²) in [6.45, 7) is 5.08. The van der Waals surface area contributed by atoms with Gasteiger partial charge in [-0.05, 0) is 30.2 Å². The number of hydrogen-bond donors (Lipinski definition) is 0. The molecule has 2 fully saturated rings. The van der Waals surface area contributed by atoms with Crippen LogP contribution in [0.5, 0.6) is 0 Å². The van der Waals surface area contributed by atoms with Crippen molar-refractivity contribution in [1.82, 2.24) is 19.5 Å². The van der Waals surface area contributed by atoms with Crippen molar-refractivity contribution < 1.29 is 14.3 Å². The fourth-order valence-corrected chi connectivity index (χ4v) is 3.65. The van der Waals surface area contributed by atoms with E-state index in [0.29, 0.717) is 38.4 Å².